The Kier molecular flexibility index (Phi) is 4.50. The van der Waals surface area contributed by atoms with Crippen molar-refractivity contribution in [3.8, 4) is 0 Å². The van der Waals surface area contributed by atoms with Crippen LogP contribution >= 0.6 is 11.8 Å². The fraction of sp³-hybridized carbons (Fsp3) is 0.286. The van der Waals surface area contributed by atoms with E-state index in [2.05, 4.69) is 9.97 Å². The summed E-state index contributed by atoms with van der Waals surface area (Å²) in [6.45, 7) is 3.84. The van der Waals surface area contributed by atoms with E-state index in [9.17, 15) is 4.39 Å². The van der Waals surface area contributed by atoms with Gasteiger partial charge in [-0.1, -0.05) is 6.07 Å². The normalized spacial score (nSPS) is 12.4. The number of aryl methyl sites for hydroxylation is 1. The number of halogens is 1. The molecule has 0 bridgehead atoms. The minimum absolute atomic E-state index is 0.0649. The molecular formula is C14H16FN3S. The molecule has 0 saturated carbocycles. The summed E-state index contributed by atoms with van der Waals surface area (Å²) in [5, 5.41) is 0. The van der Waals surface area contributed by atoms with Crippen LogP contribution in [-0.2, 0) is 5.75 Å². The van der Waals surface area contributed by atoms with Crippen LogP contribution in [0.4, 0.5) is 4.39 Å². The summed E-state index contributed by atoms with van der Waals surface area (Å²) in [4.78, 5) is 9.59. The Hall–Kier alpha value is -1.46. The third kappa shape index (κ3) is 3.75. The molecule has 1 aromatic heterocycles. The summed E-state index contributed by atoms with van der Waals surface area (Å²) in [5.41, 5.74) is 7.68. The Morgan fingerprint density at radius 2 is 2.21 bits per heavy atom. The second-order valence-electron chi connectivity index (χ2n) is 4.36. The van der Waals surface area contributed by atoms with Gasteiger partial charge in [0, 0.05) is 28.4 Å². The van der Waals surface area contributed by atoms with Gasteiger partial charge in [0.05, 0.1) is 5.75 Å². The molecule has 0 amide bonds. The van der Waals surface area contributed by atoms with Crippen LogP contribution in [0.1, 0.15) is 30.0 Å². The number of nitrogens with zero attached hydrogens (tertiary/aromatic N) is 2. The largest absolute Gasteiger partial charge is 0.324 e. The molecule has 0 aliphatic rings. The first kappa shape index (κ1) is 14.0. The van der Waals surface area contributed by atoms with Gasteiger partial charge in [-0.15, -0.1) is 11.8 Å². The molecule has 0 aliphatic carbocycles. The Balaban J connectivity index is 2.06. The molecule has 3 nitrogen and oxygen atoms in total. The number of benzene rings is 1. The zero-order valence-electron chi connectivity index (χ0n) is 10.9. The molecule has 0 saturated heterocycles. The first-order valence-corrected chi connectivity index (χ1v) is 7.01. The highest BCUT2D eigenvalue weighted by Crippen LogP contribution is 2.22. The highest BCUT2D eigenvalue weighted by atomic mass is 32.2. The Labute approximate surface area is 116 Å². The van der Waals surface area contributed by atoms with Crippen molar-refractivity contribution in [2.24, 2.45) is 5.73 Å². The third-order valence-electron chi connectivity index (χ3n) is 2.72. The number of rotatable bonds is 4. The standard InChI is InChI=1S/C14H16FN3S/c1-9(16)13-7-17-14(18-10(13)2)8-19-12-5-3-4-11(15)6-12/h3-7,9H,8,16H2,1-2H3/t9-/m0/s1. The topological polar surface area (TPSA) is 51.8 Å². The van der Waals surface area contributed by atoms with Crippen LogP contribution in [0.25, 0.3) is 0 Å². The molecule has 1 heterocycles. The molecule has 5 heteroatoms. The lowest BCUT2D eigenvalue weighted by Gasteiger charge is -2.09. The van der Waals surface area contributed by atoms with E-state index >= 15 is 0 Å². The molecule has 0 unspecified atom stereocenters. The van der Waals surface area contributed by atoms with Gasteiger partial charge < -0.3 is 5.73 Å². The van der Waals surface area contributed by atoms with E-state index in [1.807, 2.05) is 19.9 Å². The van der Waals surface area contributed by atoms with Crippen molar-refractivity contribution in [1.82, 2.24) is 9.97 Å². The maximum atomic E-state index is 13.0. The van der Waals surface area contributed by atoms with Gasteiger partial charge in [0.25, 0.3) is 0 Å². The minimum Gasteiger partial charge on any atom is -0.324 e. The molecule has 0 fully saturated rings. The number of hydrogen-bond donors (Lipinski definition) is 1. The van der Waals surface area contributed by atoms with Gasteiger partial charge >= 0.3 is 0 Å². The van der Waals surface area contributed by atoms with E-state index in [4.69, 9.17) is 5.73 Å². The van der Waals surface area contributed by atoms with Crippen molar-refractivity contribution in [3.63, 3.8) is 0 Å². The predicted octanol–water partition coefficient (Wildman–Crippen LogP) is 3.24. The molecule has 0 radical (unpaired) electrons. The van der Waals surface area contributed by atoms with Gasteiger partial charge in [-0.3, -0.25) is 0 Å². The average Bonchev–Trinajstić information content (AvgIpc) is 2.36. The maximum absolute atomic E-state index is 13.0. The van der Waals surface area contributed by atoms with E-state index < -0.39 is 0 Å². The van der Waals surface area contributed by atoms with E-state index in [1.165, 1.54) is 23.9 Å². The van der Waals surface area contributed by atoms with Gasteiger partial charge in [0.15, 0.2) is 0 Å². The molecular weight excluding hydrogens is 261 g/mol. The minimum atomic E-state index is -0.227. The summed E-state index contributed by atoms with van der Waals surface area (Å²) in [6, 6.07) is 6.44. The fourth-order valence-corrected chi connectivity index (χ4v) is 2.55. The highest BCUT2D eigenvalue weighted by molar-refractivity contribution is 7.98. The smallest absolute Gasteiger partial charge is 0.138 e. The molecule has 0 spiro atoms. The van der Waals surface area contributed by atoms with E-state index in [0.29, 0.717) is 5.75 Å². The van der Waals surface area contributed by atoms with Crippen LogP contribution in [0.15, 0.2) is 35.4 Å². The van der Waals surface area contributed by atoms with Crippen LogP contribution in [0.2, 0.25) is 0 Å². The second kappa shape index (κ2) is 6.12. The quantitative estimate of drug-likeness (QED) is 0.872. The Morgan fingerprint density at radius 3 is 2.84 bits per heavy atom. The molecule has 2 rings (SSSR count). The van der Waals surface area contributed by atoms with Crippen LogP contribution in [0, 0.1) is 12.7 Å². The molecule has 2 aromatic rings. The summed E-state index contributed by atoms with van der Waals surface area (Å²) >= 11 is 1.51. The lowest BCUT2D eigenvalue weighted by molar-refractivity contribution is 0.624. The molecule has 2 N–H and O–H groups in total. The van der Waals surface area contributed by atoms with Gasteiger partial charge in [-0.25, -0.2) is 14.4 Å². The number of hydrogen-bond acceptors (Lipinski definition) is 4. The lowest BCUT2D eigenvalue weighted by Crippen LogP contribution is -2.10. The molecule has 1 aromatic carbocycles. The maximum Gasteiger partial charge on any atom is 0.138 e. The predicted molar refractivity (Wildman–Crippen MR) is 75.3 cm³/mol. The first-order chi connectivity index (χ1) is 9.06. The van der Waals surface area contributed by atoms with E-state index in [0.717, 1.165) is 22.0 Å². The SMILES string of the molecule is Cc1nc(CSc2cccc(F)c2)ncc1[C@H](C)N. The van der Waals surface area contributed by atoms with Crippen LogP contribution < -0.4 is 5.73 Å². The molecule has 19 heavy (non-hydrogen) atoms. The van der Waals surface area contributed by atoms with Crippen molar-refractivity contribution in [2.45, 2.75) is 30.5 Å². The van der Waals surface area contributed by atoms with Crippen LogP contribution in [0.3, 0.4) is 0 Å². The Morgan fingerprint density at radius 1 is 1.42 bits per heavy atom. The average molecular weight is 277 g/mol. The van der Waals surface area contributed by atoms with Crippen molar-refractivity contribution in [2.75, 3.05) is 0 Å². The zero-order chi connectivity index (χ0) is 13.8. The van der Waals surface area contributed by atoms with Gasteiger partial charge in [-0.05, 0) is 32.0 Å². The summed E-state index contributed by atoms with van der Waals surface area (Å²) in [5.74, 6) is 1.12. The van der Waals surface area contributed by atoms with Crippen LogP contribution in [0.5, 0.6) is 0 Å². The summed E-state index contributed by atoms with van der Waals surface area (Å²) in [7, 11) is 0. The van der Waals surface area contributed by atoms with Gasteiger partial charge in [-0.2, -0.15) is 0 Å². The highest BCUT2D eigenvalue weighted by Gasteiger charge is 2.07. The summed E-state index contributed by atoms with van der Waals surface area (Å²) < 4.78 is 13.0. The van der Waals surface area contributed by atoms with Crippen molar-refractivity contribution in [3.05, 3.63) is 53.4 Å². The fourth-order valence-electron chi connectivity index (χ4n) is 1.75. The first-order valence-electron chi connectivity index (χ1n) is 6.02. The zero-order valence-corrected chi connectivity index (χ0v) is 11.7. The third-order valence-corrected chi connectivity index (χ3v) is 3.71. The number of aromatic nitrogens is 2. The monoisotopic (exact) mass is 277 g/mol. The van der Waals surface area contributed by atoms with Crippen molar-refractivity contribution >= 4 is 11.8 Å². The molecule has 1 atom stereocenters. The summed E-state index contributed by atoms with van der Waals surface area (Å²) in [6.07, 6.45) is 1.77. The van der Waals surface area contributed by atoms with Crippen molar-refractivity contribution < 1.29 is 4.39 Å². The van der Waals surface area contributed by atoms with Gasteiger partial charge in [0.2, 0.25) is 0 Å². The van der Waals surface area contributed by atoms with E-state index in [1.54, 1.807) is 12.3 Å². The molecule has 0 aliphatic heterocycles. The number of nitrogens with two attached hydrogens (primary N) is 1. The van der Waals surface area contributed by atoms with Crippen molar-refractivity contribution in [1.29, 1.82) is 0 Å². The second-order valence-corrected chi connectivity index (χ2v) is 5.41. The lowest BCUT2D eigenvalue weighted by atomic mass is 10.1. The van der Waals surface area contributed by atoms with E-state index in [-0.39, 0.29) is 11.9 Å². The van der Waals surface area contributed by atoms with Crippen LogP contribution in [-0.4, -0.2) is 9.97 Å². The number of thioether (sulfide) groups is 1. The van der Waals surface area contributed by atoms with Gasteiger partial charge in [0.1, 0.15) is 11.6 Å². The Bertz CT molecular complexity index is 572. The molecule has 100 valence electrons.